The zero-order valence-electron chi connectivity index (χ0n) is 7.43. The van der Waals surface area contributed by atoms with Crippen LogP contribution in [0.2, 0.25) is 0 Å². The first kappa shape index (κ1) is 10.7. The minimum Gasteiger partial charge on any atom is -0.352 e. The van der Waals surface area contributed by atoms with Crippen molar-refractivity contribution in [1.29, 1.82) is 0 Å². The van der Waals surface area contributed by atoms with E-state index in [0.717, 1.165) is 4.90 Å². The number of hydrogen-bond acceptors (Lipinski definition) is 2. The zero-order chi connectivity index (χ0) is 10.8. The van der Waals surface area contributed by atoms with E-state index in [4.69, 9.17) is 5.73 Å². The lowest BCUT2D eigenvalue weighted by molar-refractivity contribution is -0.130. The molecule has 0 aromatic rings. The number of rotatable bonds is 2. The van der Waals surface area contributed by atoms with Crippen molar-refractivity contribution in [1.82, 2.24) is 10.2 Å². The van der Waals surface area contributed by atoms with Gasteiger partial charge in [-0.2, -0.15) is 0 Å². The first-order chi connectivity index (χ1) is 6.41. The molecule has 14 heavy (non-hydrogen) atoms. The SMILES string of the molecule is NC(=O)NCC(=O)N1CCC(F)(F)C1. The Bertz CT molecular complexity index is 257. The van der Waals surface area contributed by atoms with Crippen LogP contribution in [0.3, 0.4) is 0 Å². The van der Waals surface area contributed by atoms with Crippen LogP contribution in [0, 0.1) is 0 Å². The van der Waals surface area contributed by atoms with E-state index in [1.807, 2.05) is 0 Å². The summed E-state index contributed by atoms with van der Waals surface area (Å²) in [6, 6.07) is -0.843. The van der Waals surface area contributed by atoms with Crippen molar-refractivity contribution in [3.05, 3.63) is 0 Å². The lowest BCUT2D eigenvalue weighted by Gasteiger charge is -2.15. The molecule has 0 unspecified atom stereocenters. The van der Waals surface area contributed by atoms with Gasteiger partial charge in [0.2, 0.25) is 5.91 Å². The molecule has 3 N–H and O–H groups in total. The highest BCUT2D eigenvalue weighted by Gasteiger charge is 2.39. The molecule has 0 bridgehead atoms. The normalized spacial score (nSPS) is 19.4. The smallest absolute Gasteiger partial charge is 0.312 e. The molecule has 3 amide bonds. The molecule has 0 aromatic carbocycles. The highest BCUT2D eigenvalue weighted by molar-refractivity contribution is 5.83. The molecule has 1 aliphatic heterocycles. The molecule has 1 rings (SSSR count). The average molecular weight is 207 g/mol. The van der Waals surface area contributed by atoms with Crippen LogP contribution in [-0.4, -0.2) is 42.4 Å². The molecular formula is C7H11F2N3O2. The molecule has 5 nitrogen and oxygen atoms in total. The van der Waals surface area contributed by atoms with Gasteiger partial charge in [0.05, 0.1) is 13.1 Å². The predicted octanol–water partition coefficient (Wildman–Crippen LogP) is -0.478. The van der Waals surface area contributed by atoms with Crippen LogP contribution in [0.4, 0.5) is 13.6 Å². The van der Waals surface area contributed by atoms with Gasteiger partial charge in [-0.05, 0) is 0 Å². The maximum atomic E-state index is 12.6. The Kier molecular flexibility index (Phi) is 2.87. The van der Waals surface area contributed by atoms with Crippen molar-refractivity contribution >= 4 is 11.9 Å². The number of amides is 3. The van der Waals surface area contributed by atoms with Gasteiger partial charge in [-0.25, -0.2) is 13.6 Å². The van der Waals surface area contributed by atoms with Crippen molar-refractivity contribution in [2.24, 2.45) is 5.73 Å². The number of carbonyl (C=O) groups is 2. The van der Waals surface area contributed by atoms with E-state index in [-0.39, 0.29) is 19.5 Å². The number of hydrogen-bond donors (Lipinski definition) is 2. The van der Waals surface area contributed by atoms with Crippen molar-refractivity contribution in [3.8, 4) is 0 Å². The van der Waals surface area contributed by atoms with Gasteiger partial charge in [-0.15, -0.1) is 0 Å². The molecule has 0 atom stereocenters. The summed E-state index contributed by atoms with van der Waals surface area (Å²) in [5.74, 6) is -3.34. The van der Waals surface area contributed by atoms with Crippen LogP contribution < -0.4 is 11.1 Å². The minimum absolute atomic E-state index is 0.0201. The Balaban J connectivity index is 2.36. The number of likely N-dealkylation sites (tertiary alicyclic amines) is 1. The van der Waals surface area contributed by atoms with Crippen LogP contribution in [-0.2, 0) is 4.79 Å². The molecule has 0 aliphatic carbocycles. The fourth-order valence-corrected chi connectivity index (χ4v) is 1.22. The van der Waals surface area contributed by atoms with E-state index >= 15 is 0 Å². The van der Waals surface area contributed by atoms with Crippen LogP contribution in [0.25, 0.3) is 0 Å². The number of carbonyl (C=O) groups excluding carboxylic acids is 2. The average Bonchev–Trinajstić information content (AvgIpc) is 2.41. The van der Waals surface area contributed by atoms with Gasteiger partial charge in [-0.3, -0.25) is 4.79 Å². The Morgan fingerprint density at radius 2 is 2.14 bits per heavy atom. The topological polar surface area (TPSA) is 75.4 Å². The standard InChI is InChI=1S/C7H11F2N3O2/c8-7(9)1-2-12(4-7)5(13)3-11-6(10)14/h1-4H2,(H3,10,11,14). The lowest BCUT2D eigenvalue weighted by Crippen LogP contribution is -2.41. The first-order valence-electron chi connectivity index (χ1n) is 4.10. The minimum atomic E-state index is -2.80. The maximum Gasteiger partial charge on any atom is 0.312 e. The van der Waals surface area contributed by atoms with Crippen molar-refractivity contribution in [2.45, 2.75) is 12.3 Å². The summed E-state index contributed by atoms with van der Waals surface area (Å²) in [5.41, 5.74) is 4.72. The van der Waals surface area contributed by atoms with Gasteiger partial charge in [0, 0.05) is 13.0 Å². The van der Waals surface area contributed by atoms with Crippen LogP contribution >= 0.6 is 0 Å². The predicted molar refractivity (Wildman–Crippen MR) is 43.7 cm³/mol. The molecule has 1 saturated heterocycles. The Morgan fingerprint density at radius 1 is 1.50 bits per heavy atom. The summed E-state index contributed by atoms with van der Waals surface area (Å²) >= 11 is 0. The van der Waals surface area contributed by atoms with E-state index in [9.17, 15) is 18.4 Å². The Hall–Kier alpha value is -1.40. The van der Waals surface area contributed by atoms with Gasteiger partial charge >= 0.3 is 6.03 Å². The van der Waals surface area contributed by atoms with Gasteiger partial charge in [0.25, 0.3) is 5.92 Å². The molecule has 0 saturated carbocycles. The molecule has 0 radical (unpaired) electrons. The van der Waals surface area contributed by atoms with Gasteiger partial charge in [-0.1, -0.05) is 0 Å². The molecule has 7 heteroatoms. The fourth-order valence-electron chi connectivity index (χ4n) is 1.22. The van der Waals surface area contributed by atoms with Crippen LogP contribution in [0.15, 0.2) is 0 Å². The zero-order valence-corrected chi connectivity index (χ0v) is 7.43. The molecule has 1 aliphatic rings. The largest absolute Gasteiger partial charge is 0.352 e. The van der Waals surface area contributed by atoms with E-state index in [0.29, 0.717) is 0 Å². The quantitative estimate of drug-likeness (QED) is 0.641. The highest BCUT2D eigenvalue weighted by Crippen LogP contribution is 2.26. The number of nitrogens with two attached hydrogens (primary N) is 1. The number of halogens is 2. The summed E-state index contributed by atoms with van der Waals surface area (Å²) in [5, 5.41) is 2.05. The monoisotopic (exact) mass is 207 g/mol. The summed E-state index contributed by atoms with van der Waals surface area (Å²) in [6.07, 6.45) is -0.324. The Morgan fingerprint density at radius 3 is 2.57 bits per heavy atom. The number of nitrogens with zero attached hydrogens (tertiary/aromatic N) is 1. The molecule has 0 aromatic heterocycles. The second kappa shape index (κ2) is 3.77. The van der Waals surface area contributed by atoms with Crippen molar-refractivity contribution in [2.75, 3.05) is 19.6 Å². The van der Waals surface area contributed by atoms with E-state index in [2.05, 4.69) is 5.32 Å². The summed E-state index contributed by atoms with van der Waals surface area (Å²) in [4.78, 5) is 22.4. The summed E-state index contributed by atoms with van der Waals surface area (Å²) in [7, 11) is 0. The van der Waals surface area contributed by atoms with Gasteiger partial charge in [0.15, 0.2) is 0 Å². The summed E-state index contributed by atoms with van der Waals surface area (Å²) < 4.78 is 25.3. The molecule has 0 spiro atoms. The van der Waals surface area contributed by atoms with E-state index in [1.54, 1.807) is 0 Å². The number of urea groups is 1. The third-order valence-corrected chi connectivity index (χ3v) is 1.94. The van der Waals surface area contributed by atoms with Crippen molar-refractivity contribution < 1.29 is 18.4 Å². The maximum absolute atomic E-state index is 12.6. The number of primary amides is 1. The third kappa shape index (κ3) is 2.82. The molecule has 80 valence electrons. The molecular weight excluding hydrogens is 196 g/mol. The third-order valence-electron chi connectivity index (χ3n) is 1.94. The van der Waals surface area contributed by atoms with Gasteiger partial charge < -0.3 is 16.0 Å². The van der Waals surface area contributed by atoms with Crippen LogP contribution in [0.5, 0.6) is 0 Å². The van der Waals surface area contributed by atoms with Crippen molar-refractivity contribution in [3.63, 3.8) is 0 Å². The van der Waals surface area contributed by atoms with E-state index in [1.165, 1.54) is 0 Å². The van der Waals surface area contributed by atoms with Gasteiger partial charge in [0.1, 0.15) is 0 Å². The number of nitrogens with one attached hydrogen (secondary N) is 1. The fraction of sp³-hybridized carbons (Fsp3) is 0.714. The van der Waals surface area contributed by atoms with E-state index < -0.39 is 24.4 Å². The second-order valence-electron chi connectivity index (χ2n) is 3.14. The second-order valence-corrected chi connectivity index (χ2v) is 3.14. The van der Waals surface area contributed by atoms with Crippen LogP contribution in [0.1, 0.15) is 6.42 Å². The molecule has 1 heterocycles. The summed E-state index contributed by atoms with van der Waals surface area (Å²) in [6.45, 7) is -0.885. The first-order valence-corrected chi connectivity index (χ1v) is 4.10. The number of alkyl halides is 2. The molecule has 1 fully saturated rings. The lowest BCUT2D eigenvalue weighted by atomic mass is 10.3. The highest BCUT2D eigenvalue weighted by atomic mass is 19.3. The Labute approximate surface area is 79.2 Å².